The first-order valence-corrected chi connectivity index (χ1v) is 4.66. The van der Waals surface area contributed by atoms with Crippen LogP contribution >= 0.6 is 11.6 Å². The number of hydrogen-bond acceptors (Lipinski definition) is 1. The molecule has 1 aromatic carbocycles. The Labute approximate surface area is 77.9 Å². The smallest absolute Gasteiger partial charge is 0.0410 e. The number of aryl methyl sites for hydroxylation is 1. The van der Waals surface area contributed by atoms with Gasteiger partial charge in [-0.2, -0.15) is 0 Å². The molecule has 1 aromatic rings. The standard InChI is InChI=1S/C10H12ClN/c1-8-7-9(11)3-4-10(8)12-5-2-6-12/h3-4,7H,2,5-6H2,1H3. The van der Waals surface area contributed by atoms with E-state index in [0.717, 1.165) is 5.02 Å². The number of nitrogens with zero attached hydrogens (tertiary/aromatic N) is 1. The van der Waals surface area contributed by atoms with Crippen molar-refractivity contribution in [2.75, 3.05) is 18.0 Å². The molecule has 0 unspecified atom stereocenters. The van der Waals surface area contributed by atoms with Gasteiger partial charge in [0.2, 0.25) is 0 Å². The van der Waals surface area contributed by atoms with E-state index < -0.39 is 0 Å². The van der Waals surface area contributed by atoms with E-state index in [0.29, 0.717) is 0 Å². The van der Waals surface area contributed by atoms with Gasteiger partial charge in [0.1, 0.15) is 0 Å². The van der Waals surface area contributed by atoms with Crippen molar-refractivity contribution in [3.05, 3.63) is 28.8 Å². The average molecular weight is 182 g/mol. The quantitative estimate of drug-likeness (QED) is 0.644. The summed E-state index contributed by atoms with van der Waals surface area (Å²) in [6.45, 7) is 4.50. The number of rotatable bonds is 1. The molecule has 1 saturated heterocycles. The van der Waals surface area contributed by atoms with E-state index in [4.69, 9.17) is 11.6 Å². The van der Waals surface area contributed by atoms with E-state index in [9.17, 15) is 0 Å². The molecule has 2 heteroatoms. The van der Waals surface area contributed by atoms with Gasteiger partial charge >= 0.3 is 0 Å². The summed E-state index contributed by atoms with van der Waals surface area (Å²) in [5.41, 5.74) is 2.62. The molecular formula is C10H12ClN. The fraction of sp³-hybridized carbons (Fsp3) is 0.400. The summed E-state index contributed by atoms with van der Waals surface area (Å²) >= 11 is 5.86. The lowest BCUT2D eigenvalue weighted by atomic mass is 10.1. The number of halogens is 1. The van der Waals surface area contributed by atoms with Gasteiger partial charge in [0, 0.05) is 23.8 Å². The van der Waals surface area contributed by atoms with Gasteiger partial charge in [-0.15, -0.1) is 0 Å². The van der Waals surface area contributed by atoms with E-state index in [2.05, 4.69) is 17.9 Å². The molecule has 0 bridgehead atoms. The molecule has 1 nitrogen and oxygen atoms in total. The molecule has 0 saturated carbocycles. The largest absolute Gasteiger partial charge is 0.371 e. The zero-order valence-corrected chi connectivity index (χ0v) is 7.93. The van der Waals surface area contributed by atoms with Crippen LogP contribution in [0.5, 0.6) is 0 Å². The minimum atomic E-state index is 0.830. The van der Waals surface area contributed by atoms with Crippen LogP contribution in [-0.2, 0) is 0 Å². The summed E-state index contributed by atoms with van der Waals surface area (Å²) in [4.78, 5) is 2.38. The van der Waals surface area contributed by atoms with Crippen LogP contribution in [0.2, 0.25) is 5.02 Å². The molecule has 64 valence electrons. The van der Waals surface area contributed by atoms with Gasteiger partial charge in [0.05, 0.1) is 0 Å². The monoisotopic (exact) mass is 181 g/mol. The first-order valence-electron chi connectivity index (χ1n) is 4.28. The predicted molar refractivity (Wildman–Crippen MR) is 53.0 cm³/mol. The van der Waals surface area contributed by atoms with Crippen molar-refractivity contribution in [3.63, 3.8) is 0 Å². The van der Waals surface area contributed by atoms with Gasteiger partial charge in [-0.1, -0.05) is 11.6 Å². The van der Waals surface area contributed by atoms with Crippen molar-refractivity contribution in [2.24, 2.45) is 0 Å². The van der Waals surface area contributed by atoms with Crippen LogP contribution in [0.25, 0.3) is 0 Å². The Bertz CT molecular complexity index is 292. The zero-order chi connectivity index (χ0) is 8.55. The topological polar surface area (TPSA) is 3.24 Å². The Hall–Kier alpha value is -0.690. The van der Waals surface area contributed by atoms with Gasteiger partial charge in [-0.3, -0.25) is 0 Å². The lowest BCUT2D eigenvalue weighted by Gasteiger charge is -2.34. The van der Waals surface area contributed by atoms with E-state index >= 15 is 0 Å². The summed E-state index contributed by atoms with van der Waals surface area (Å²) in [7, 11) is 0. The van der Waals surface area contributed by atoms with E-state index in [1.807, 2.05) is 12.1 Å². The third-order valence-corrected chi connectivity index (χ3v) is 2.59. The maximum atomic E-state index is 5.86. The summed E-state index contributed by atoms with van der Waals surface area (Å²) in [5, 5.41) is 0.830. The maximum absolute atomic E-state index is 5.86. The molecule has 1 aliphatic rings. The van der Waals surface area contributed by atoms with Crippen molar-refractivity contribution in [1.29, 1.82) is 0 Å². The molecular weight excluding hydrogens is 170 g/mol. The van der Waals surface area contributed by atoms with Gasteiger partial charge in [0.15, 0.2) is 0 Å². The van der Waals surface area contributed by atoms with Crippen LogP contribution < -0.4 is 4.90 Å². The minimum Gasteiger partial charge on any atom is -0.371 e. The molecule has 12 heavy (non-hydrogen) atoms. The molecule has 0 amide bonds. The van der Waals surface area contributed by atoms with Gasteiger partial charge < -0.3 is 4.90 Å². The normalized spacial score (nSPS) is 16.0. The average Bonchev–Trinajstić information content (AvgIpc) is 1.91. The molecule has 2 rings (SSSR count). The highest BCUT2D eigenvalue weighted by atomic mass is 35.5. The summed E-state index contributed by atoms with van der Waals surface area (Å²) in [5.74, 6) is 0. The Balaban J connectivity index is 2.31. The Kier molecular flexibility index (Phi) is 1.97. The fourth-order valence-corrected chi connectivity index (χ4v) is 1.76. The van der Waals surface area contributed by atoms with Gasteiger partial charge in [0.25, 0.3) is 0 Å². The predicted octanol–water partition coefficient (Wildman–Crippen LogP) is 2.86. The lowest BCUT2D eigenvalue weighted by Crippen LogP contribution is -2.37. The molecule has 1 aliphatic heterocycles. The van der Waals surface area contributed by atoms with Gasteiger partial charge in [-0.25, -0.2) is 0 Å². The summed E-state index contributed by atoms with van der Waals surface area (Å²) in [6, 6.07) is 6.09. The summed E-state index contributed by atoms with van der Waals surface area (Å²) in [6.07, 6.45) is 1.32. The molecule has 1 heterocycles. The molecule has 0 spiro atoms. The van der Waals surface area contributed by atoms with Crippen LogP contribution in [0.3, 0.4) is 0 Å². The molecule has 0 radical (unpaired) electrons. The SMILES string of the molecule is Cc1cc(Cl)ccc1N1CCC1. The van der Waals surface area contributed by atoms with Crippen LogP contribution in [0, 0.1) is 6.92 Å². The van der Waals surface area contributed by atoms with Crippen LogP contribution in [-0.4, -0.2) is 13.1 Å². The zero-order valence-electron chi connectivity index (χ0n) is 7.18. The van der Waals surface area contributed by atoms with Crippen molar-refractivity contribution in [1.82, 2.24) is 0 Å². The highest BCUT2D eigenvalue weighted by Gasteiger charge is 2.15. The van der Waals surface area contributed by atoms with Gasteiger partial charge in [-0.05, 0) is 37.1 Å². The van der Waals surface area contributed by atoms with E-state index in [-0.39, 0.29) is 0 Å². The third kappa shape index (κ3) is 1.29. The van der Waals surface area contributed by atoms with Crippen LogP contribution in [0.15, 0.2) is 18.2 Å². The number of hydrogen-bond donors (Lipinski definition) is 0. The third-order valence-electron chi connectivity index (χ3n) is 2.36. The molecule has 0 atom stereocenters. The lowest BCUT2D eigenvalue weighted by molar-refractivity contribution is 0.616. The molecule has 0 aliphatic carbocycles. The van der Waals surface area contributed by atoms with Crippen molar-refractivity contribution >= 4 is 17.3 Å². The molecule has 1 fully saturated rings. The second kappa shape index (κ2) is 2.98. The second-order valence-corrected chi connectivity index (χ2v) is 3.71. The van der Waals surface area contributed by atoms with E-state index in [1.54, 1.807) is 0 Å². The van der Waals surface area contributed by atoms with E-state index in [1.165, 1.54) is 30.8 Å². The van der Waals surface area contributed by atoms with Crippen LogP contribution in [0.4, 0.5) is 5.69 Å². The molecule has 0 aromatic heterocycles. The highest BCUT2D eigenvalue weighted by Crippen LogP contribution is 2.26. The van der Waals surface area contributed by atoms with Crippen molar-refractivity contribution in [2.45, 2.75) is 13.3 Å². The summed E-state index contributed by atoms with van der Waals surface area (Å²) < 4.78 is 0. The van der Waals surface area contributed by atoms with Crippen molar-refractivity contribution < 1.29 is 0 Å². The fourth-order valence-electron chi connectivity index (χ4n) is 1.53. The Morgan fingerprint density at radius 1 is 1.33 bits per heavy atom. The molecule has 0 N–H and O–H groups in total. The number of anilines is 1. The minimum absolute atomic E-state index is 0.830. The number of benzene rings is 1. The van der Waals surface area contributed by atoms with Crippen LogP contribution in [0.1, 0.15) is 12.0 Å². The highest BCUT2D eigenvalue weighted by molar-refractivity contribution is 6.30. The second-order valence-electron chi connectivity index (χ2n) is 3.27. The first-order chi connectivity index (χ1) is 5.77. The maximum Gasteiger partial charge on any atom is 0.0410 e. The van der Waals surface area contributed by atoms with Crippen molar-refractivity contribution in [3.8, 4) is 0 Å². The first kappa shape index (κ1) is 7.93. The Morgan fingerprint density at radius 3 is 2.58 bits per heavy atom. The Morgan fingerprint density at radius 2 is 2.08 bits per heavy atom.